The van der Waals surface area contributed by atoms with Crippen molar-refractivity contribution in [1.82, 2.24) is 0 Å². The highest BCUT2D eigenvalue weighted by Crippen LogP contribution is 2.42. The highest BCUT2D eigenvalue weighted by atomic mass is 16.7. The van der Waals surface area contributed by atoms with Crippen molar-refractivity contribution in [1.29, 1.82) is 0 Å². The molecule has 2 heterocycles. The van der Waals surface area contributed by atoms with E-state index < -0.39 is 80.7 Å². The summed E-state index contributed by atoms with van der Waals surface area (Å²) in [4.78, 5) is 11.9. The summed E-state index contributed by atoms with van der Waals surface area (Å²) >= 11 is 0. The van der Waals surface area contributed by atoms with Crippen molar-refractivity contribution >= 4 is 5.78 Å². The van der Waals surface area contributed by atoms with Crippen molar-refractivity contribution in [2.45, 2.75) is 114 Å². The number of carbonyl (C=O) groups is 1. The van der Waals surface area contributed by atoms with Crippen LogP contribution in [0.25, 0.3) is 0 Å². The number of carbonyl (C=O) groups excluding carboxylic acids is 1. The summed E-state index contributed by atoms with van der Waals surface area (Å²) in [6.07, 6.45) is -11.8. The van der Waals surface area contributed by atoms with Crippen LogP contribution >= 0.6 is 0 Å². The number of ketones is 1. The molecule has 0 aromatic rings. The monoisotopic (exact) mass is 534 g/mol. The van der Waals surface area contributed by atoms with E-state index in [0.717, 1.165) is 12.0 Å². The average molecular weight is 535 g/mol. The molecule has 0 spiro atoms. The topological polar surface area (TPSA) is 196 Å². The van der Waals surface area contributed by atoms with E-state index in [4.69, 9.17) is 18.9 Å². The van der Waals surface area contributed by atoms with Gasteiger partial charge < -0.3 is 54.7 Å². The van der Waals surface area contributed by atoms with E-state index in [-0.39, 0.29) is 17.1 Å². The molecule has 2 saturated heterocycles. The van der Waals surface area contributed by atoms with Gasteiger partial charge in [0, 0.05) is 6.42 Å². The zero-order chi connectivity index (χ0) is 27.7. The summed E-state index contributed by atoms with van der Waals surface area (Å²) in [5.41, 5.74) is 0.829. The molecule has 0 radical (unpaired) electrons. The fourth-order valence-corrected chi connectivity index (χ4v) is 5.58. The first kappa shape index (κ1) is 30.5. The number of hydrogen-bond donors (Lipinski definition) is 7. The first-order valence-corrected chi connectivity index (χ1v) is 12.8. The van der Waals surface area contributed by atoms with E-state index in [1.165, 1.54) is 0 Å². The van der Waals surface area contributed by atoms with E-state index in [9.17, 15) is 40.5 Å². The number of hydrogen-bond acceptors (Lipinski definition) is 12. The maximum absolute atomic E-state index is 11.9. The van der Waals surface area contributed by atoms with Gasteiger partial charge in [0.1, 0.15) is 48.8 Å². The minimum atomic E-state index is -1.73. The molecule has 0 amide bonds. The molecule has 37 heavy (non-hydrogen) atoms. The SMILES string of the molecule is CC1=CC(=O)CC(C)(C)C1CCC(C)OC1OC(CO)C(OC2OC(CO)C(O)C(O)C2O)C(O)C1O. The molecular formula is C25H42O12. The van der Waals surface area contributed by atoms with E-state index in [2.05, 4.69) is 13.8 Å². The highest BCUT2D eigenvalue weighted by Gasteiger charge is 2.51. The second-order valence-electron chi connectivity index (χ2n) is 11.1. The van der Waals surface area contributed by atoms with Gasteiger partial charge in [0.15, 0.2) is 18.4 Å². The van der Waals surface area contributed by atoms with Crippen molar-refractivity contribution in [2.24, 2.45) is 11.3 Å². The van der Waals surface area contributed by atoms with Gasteiger partial charge >= 0.3 is 0 Å². The predicted octanol–water partition coefficient (Wildman–Crippen LogP) is -1.64. The first-order chi connectivity index (χ1) is 17.3. The molecule has 12 heteroatoms. The second kappa shape index (κ2) is 12.4. The third-order valence-corrected chi connectivity index (χ3v) is 7.70. The molecule has 12 nitrogen and oxygen atoms in total. The lowest BCUT2D eigenvalue weighted by atomic mass is 9.66. The van der Waals surface area contributed by atoms with Gasteiger partial charge in [-0.15, -0.1) is 0 Å². The van der Waals surface area contributed by atoms with E-state index in [1.807, 2.05) is 6.92 Å². The van der Waals surface area contributed by atoms with E-state index in [1.54, 1.807) is 13.0 Å². The molecule has 3 aliphatic rings. The van der Waals surface area contributed by atoms with Gasteiger partial charge in [-0.2, -0.15) is 0 Å². The Morgan fingerprint density at radius 1 is 0.946 bits per heavy atom. The molecule has 1 aliphatic carbocycles. The van der Waals surface area contributed by atoms with Crippen LogP contribution in [0.15, 0.2) is 11.6 Å². The van der Waals surface area contributed by atoms with E-state index in [0.29, 0.717) is 12.8 Å². The summed E-state index contributed by atoms with van der Waals surface area (Å²) in [7, 11) is 0. The fraction of sp³-hybridized carbons (Fsp3) is 0.880. The minimum absolute atomic E-state index is 0.117. The third-order valence-electron chi connectivity index (χ3n) is 7.70. The molecule has 7 N–H and O–H groups in total. The lowest BCUT2D eigenvalue weighted by Gasteiger charge is -2.46. The largest absolute Gasteiger partial charge is 0.394 e. The molecule has 12 atom stereocenters. The number of ether oxygens (including phenoxy) is 4. The van der Waals surface area contributed by atoms with Crippen molar-refractivity contribution in [2.75, 3.05) is 13.2 Å². The molecule has 0 aromatic heterocycles. The second-order valence-corrected chi connectivity index (χ2v) is 11.1. The first-order valence-electron chi connectivity index (χ1n) is 12.8. The minimum Gasteiger partial charge on any atom is -0.394 e. The molecule has 214 valence electrons. The summed E-state index contributed by atoms with van der Waals surface area (Å²) in [6, 6.07) is 0. The van der Waals surface area contributed by atoms with Gasteiger partial charge in [0.25, 0.3) is 0 Å². The van der Waals surface area contributed by atoms with Crippen molar-refractivity contribution < 1.29 is 59.5 Å². The molecule has 0 aromatic carbocycles. The molecular weight excluding hydrogens is 492 g/mol. The van der Waals surface area contributed by atoms with Crippen LogP contribution in [0.5, 0.6) is 0 Å². The summed E-state index contributed by atoms with van der Waals surface area (Å²) in [6.45, 7) is 6.56. The maximum Gasteiger partial charge on any atom is 0.187 e. The lowest BCUT2D eigenvalue weighted by molar-refractivity contribution is -0.362. The smallest absolute Gasteiger partial charge is 0.187 e. The average Bonchev–Trinajstić information content (AvgIpc) is 2.82. The maximum atomic E-state index is 11.9. The van der Waals surface area contributed by atoms with Crippen LogP contribution in [-0.4, -0.2) is 122 Å². The zero-order valence-corrected chi connectivity index (χ0v) is 21.7. The van der Waals surface area contributed by atoms with Gasteiger partial charge in [-0.05, 0) is 44.1 Å². The molecule has 2 aliphatic heterocycles. The van der Waals surface area contributed by atoms with Crippen LogP contribution in [0, 0.1) is 11.3 Å². The Labute approximate surface area is 216 Å². The van der Waals surface area contributed by atoms with Crippen molar-refractivity contribution in [3.05, 3.63) is 11.6 Å². The van der Waals surface area contributed by atoms with E-state index >= 15 is 0 Å². The van der Waals surface area contributed by atoms with Crippen LogP contribution in [0.4, 0.5) is 0 Å². The predicted molar refractivity (Wildman–Crippen MR) is 127 cm³/mol. The molecule has 3 rings (SSSR count). The Balaban J connectivity index is 1.60. The van der Waals surface area contributed by atoms with Crippen molar-refractivity contribution in [3.63, 3.8) is 0 Å². The van der Waals surface area contributed by atoms with Gasteiger partial charge in [0.2, 0.25) is 0 Å². The molecule has 2 fully saturated rings. The lowest BCUT2D eigenvalue weighted by Crippen LogP contribution is -2.64. The number of allylic oxidation sites excluding steroid dienone is 2. The molecule has 0 bridgehead atoms. The summed E-state index contributed by atoms with van der Waals surface area (Å²) in [5, 5.41) is 70.8. The van der Waals surface area contributed by atoms with Gasteiger partial charge in [-0.3, -0.25) is 4.79 Å². The number of rotatable bonds is 9. The van der Waals surface area contributed by atoms with Gasteiger partial charge in [-0.1, -0.05) is 19.4 Å². The summed E-state index contributed by atoms with van der Waals surface area (Å²) < 4.78 is 22.4. The van der Waals surface area contributed by atoms with Crippen molar-refractivity contribution in [3.8, 4) is 0 Å². The fourth-order valence-electron chi connectivity index (χ4n) is 5.58. The van der Waals surface area contributed by atoms with Crippen LogP contribution < -0.4 is 0 Å². The van der Waals surface area contributed by atoms with Gasteiger partial charge in [0.05, 0.1) is 19.3 Å². The Morgan fingerprint density at radius 3 is 2.14 bits per heavy atom. The Kier molecular flexibility index (Phi) is 10.3. The number of aliphatic hydroxyl groups is 7. The summed E-state index contributed by atoms with van der Waals surface area (Å²) in [5.74, 6) is 0.298. The van der Waals surface area contributed by atoms with Crippen LogP contribution in [0.2, 0.25) is 0 Å². The van der Waals surface area contributed by atoms with Crippen LogP contribution in [-0.2, 0) is 23.7 Å². The highest BCUT2D eigenvalue weighted by molar-refractivity contribution is 5.91. The standard InChI is InChI=1S/C25H42O12/c1-11-7-13(28)8-25(3,4)14(11)6-5-12(2)34-23-21(33)19(31)22(16(10-27)36-23)37-24-20(32)18(30)17(29)15(9-26)35-24/h7,12,14-24,26-27,29-33H,5-6,8-10H2,1-4H3. The van der Waals surface area contributed by atoms with Gasteiger partial charge in [-0.25, -0.2) is 0 Å². The normalized spacial score (nSPS) is 43.4. The quantitative estimate of drug-likeness (QED) is 0.178. The zero-order valence-electron chi connectivity index (χ0n) is 21.7. The van der Waals surface area contributed by atoms with Crippen LogP contribution in [0.1, 0.15) is 47.0 Å². The third kappa shape index (κ3) is 6.76. The Hall–Kier alpha value is -1.03. The molecule has 0 saturated carbocycles. The van der Waals surface area contributed by atoms with Crippen LogP contribution in [0.3, 0.4) is 0 Å². The Bertz CT molecular complexity index is 799. The number of aliphatic hydroxyl groups excluding tert-OH is 7. The molecule has 12 unspecified atom stereocenters. The Morgan fingerprint density at radius 2 is 1.54 bits per heavy atom.